The van der Waals surface area contributed by atoms with Crippen molar-refractivity contribution < 1.29 is 23.1 Å². The fourth-order valence-corrected chi connectivity index (χ4v) is 6.12. The second-order valence-electron chi connectivity index (χ2n) is 8.77. The van der Waals surface area contributed by atoms with Crippen molar-refractivity contribution in [1.29, 1.82) is 0 Å². The Morgan fingerprint density at radius 1 is 1.18 bits per heavy atom. The highest BCUT2D eigenvalue weighted by Crippen LogP contribution is 2.28. The molecule has 188 valence electrons. The average Bonchev–Trinajstić information content (AvgIpc) is 2.73. The van der Waals surface area contributed by atoms with Gasteiger partial charge in [0.1, 0.15) is 5.75 Å². The van der Waals surface area contributed by atoms with Gasteiger partial charge in [0, 0.05) is 21.7 Å². The molecule has 0 spiro atoms. The van der Waals surface area contributed by atoms with Crippen LogP contribution in [0.3, 0.4) is 0 Å². The number of halogens is 1. The Bertz CT molecular complexity index is 1070. The van der Waals surface area contributed by atoms with Crippen molar-refractivity contribution in [1.82, 2.24) is 5.32 Å². The van der Waals surface area contributed by atoms with Crippen molar-refractivity contribution in [2.24, 2.45) is 5.92 Å². The summed E-state index contributed by atoms with van der Waals surface area (Å²) < 4.78 is 30.6. The van der Waals surface area contributed by atoms with E-state index in [0.717, 1.165) is 29.0 Å². The molecule has 0 aromatic heterocycles. The molecule has 2 N–H and O–H groups in total. The summed E-state index contributed by atoms with van der Waals surface area (Å²) in [4.78, 5) is 12.0. The van der Waals surface area contributed by atoms with Crippen LogP contribution in [0.15, 0.2) is 46.2 Å². The van der Waals surface area contributed by atoms with E-state index in [4.69, 9.17) is 21.4 Å². The number of aryl methyl sites for hydroxylation is 1. The number of nitrogens with one attached hydrogen (secondary N) is 1. The third kappa shape index (κ3) is 9.49. The molecule has 0 aliphatic heterocycles. The average molecular weight is 528 g/mol. The van der Waals surface area contributed by atoms with Crippen LogP contribution in [0, 0.1) is 12.8 Å². The van der Waals surface area contributed by atoms with E-state index in [-0.39, 0.29) is 22.5 Å². The minimum Gasteiger partial charge on any atom is -0.482 e. The summed E-state index contributed by atoms with van der Waals surface area (Å²) in [7, 11) is -3.37. The van der Waals surface area contributed by atoms with E-state index in [9.17, 15) is 13.2 Å². The molecular formula is C25H34ClNO5S2. The van der Waals surface area contributed by atoms with Gasteiger partial charge in [-0.1, -0.05) is 38.4 Å². The Balaban J connectivity index is 1.76. The van der Waals surface area contributed by atoms with E-state index in [2.05, 4.69) is 26.1 Å². The molecule has 2 aromatic rings. The number of carbonyl (C=O) groups is 1. The lowest BCUT2D eigenvalue weighted by Crippen LogP contribution is -2.25. The van der Waals surface area contributed by atoms with Gasteiger partial charge in [0.05, 0.1) is 10.6 Å². The Kier molecular flexibility index (Phi) is 11.2. The molecule has 1 unspecified atom stereocenters. The van der Waals surface area contributed by atoms with E-state index < -0.39 is 15.8 Å². The maximum Gasteiger partial charge on any atom is 0.341 e. The molecule has 0 fully saturated rings. The number of carboxylic acid groups (broad SMARTS) is 1. The maximum absolute atomic E-state index is 12.7. The van der Waals surface area contributed by atoms with Crippen molar-refractivity contribution in [2.75, 3.05) is 25.4 Å². The summed E-state index contributed by atoms with van der Waals surface area (Å²) in [6, 6.07) is 10.7. The fourth-order valence-electron chi connectivity index (χ4n) is 3.41. The zero-order valence-electron chi connectivity index (χ0n) is 20.1. The molecule has 6 nitrogen and oxygen atoms in total. The van der Waals surface area contributed by atoms with Crippen LogP contribution in [0.5, 0.6) is 5.75 Å². The van der Waals surface area contributed by atoms with Gasteiger partial charge in [-0.25, -0.2) is 13.2 Å². The topological polar surface area (TPSA) is 92.7 Å². The second kappa shape index (κ2) is 13.4. The van der Waals surface area contributed by atoms with Gasteiger partial charge in [-0.3, -0.25) is 0 Å². The Morgan fingerprint density at radius 3 is 2.53 bits per heavy atom. The zero-order valence-corrected chi connectivity index (χ0v) is 22.5. The van der Waals surface area contributed by atoms with Crippen LogP contribution in [-0.4, -0.2) is 50.2 Å². The minimum absolute atomic E-state index is 0.0678. The lowest BCUT2D eigenvalue weighted by molar-refractivity contribution is -0.139. The number of aliphatic carboxylic acids is 1. The molecule has 34 heavy (non-hydrogen) atoms. The van der Waals surface area contributed by atoms with Crippen LogP contribution in [0.4, 0.5) is 0 Å². The van der Waals surface area contributed by atoms with Crippen LogP contribution in [0.2, 0.25) is 5.02 Å². The molecule has 2 aromatic carbocycles. The molecule has 9 heteroatoms. The Morgan fingerprint density at radius 2 is 1.91 bits per heavy atom. The standard InChI is InChI=1S/C25H34ClNO5S2/c1-17(2)12-20-6-8-22(14-23(20)26)34(30,31)11-5-10-27-15-19(4)33-21-7-9-24(18(3)13-21)32-16-25(28)29/h6-9,13-14,17,19,27H,5,10-12,15-16H2,1-4H3,(H,28,29). The van der Waals surface area contributed by atoms with Gasteiger partial charge in [0.25, 0.3) is 0 Å². The van der Waals surface area contributed by atoms with Crippen LogP contribution < -0.4 is 10.1 Å². The van der Waals surface area contributed by atoms with Crippen LogP contribution in [0.25, 0.3) is 0 Å². The van der Waals surface area contributed by atoms with Crippen molar-refractivity contribution >= 4 is 39.2 Å². The van der Waals surface area contributed by atoms with Gasteiger partial charge >= 0.3 is 5.97 Å². The first-order valence-corrected chi connectivity index (χ1v) is 14.2. The van der Waals surface area contributed by atoms with Crippen LogP contribution in [0.1, 0.15) is 38.3 Å². The first-order valence-electron chi connectivity index (χ1n) is 11.3. The van der Waals surface area contributed by atoms with Crippen LogP contribution >= 0.6 is 23.4 Å². The predicted octanol–water partition coefficient (Wildman–Crippen LogP) is 5.24. The predicted molar refractivity (Wildman–Crippen MR) is 139 cm³/mol. The van der Waals surface area contributed by atoms with Gasteiger partial charge in [0.15, 0.2) is 16.4 Å². The van der Waals surface area contributed by atoms with Gasteiger partial charge in [-0.15, -0.1) is 11.8 Å². The Labute approximate surface area is 212 Å². The number of benzene rings is 2. The van der Waals surface area contributed by atoms with Gasteiger partial charge in [-0.05, 0) is 73.7 Å². The molecule has 1 atom stereocenters. The fraction of sp³-hybridized carbons (Fsp3) is 0.480. The lowest BCUT2D eigenvalue weighted by Gasteiger charge is -2.14. The van der Waals surface area contributed by atoms with Crippen molar-refractivity contribution in [3.8, 4) is 5.75 Å². The first kappa shape index (κ1) is 28.5. The number of ether oxygens (including phenoxy) is 1. The first-order chi connectivity index (χ1) is 16.0. The molecule has 0 heterocycles. The highest BCUT2D eigenvalue weighted by atomic mass is 35.5. The van der Waals surface area contributed by atoms with Crippen LogP contribution in [-0.2, 0) is 21.1 Å². The zero-order chi connectivity index (χ0) is 25.3. The van der Waals surface area contributed by atoms with Crippen molar-refractivity contribution in [3.63, 3.8) is 0 Å². The highest BCUT2D eigenvalue weighted by molar-refractivity contribution is 8.00. The number of hydrogen-bond donors (Lipinski definition) is 2. The second-order valence-corrected chi connectivity index (χ2v) is 12.8. The molecule has 0 saturated carbocycles. The lowest BCUT2D eigenvalue weighted by atomic mass is 10.0. The number of rotatable bonds is 14. The molecule has 2 rings (SSSR count). The van der Waals surface area contributed by atoms with E-state index in [1.54, 1.807) is 30.0 Å². The van der Waals surface area contributed by atoms with Crippen molar-refractivity contribution in [3.05, 3.63) is 52.5 Å². The van der Waals surface area contributed by atoms with E-state index in [1.165, 1.54) is 0 Å². The number of sulfone groups is 1. The molecule has 0 aliphatic rings. The molecule has 0 radical (unpaired) electrons. The van der Waals surface area contributed by atoms with Gasteiger partial charge < -0.3 is 15.2 Å². The van der Waals surface area contributed by atoms with Gasteiger partial charge in [0.2, 0.25) is 0 Å². The third-order valence-electron chi connectivity index (χ3n) is 5.05. The molecule has 0 bridgehead atoms. The quantitative estimate of drug-likeness (QED) is 0.256. The highest BCUT2D eigenvalue weighted by Gasteiger charge is 2.16. The summed E-state index contributed by atoms with van der Waals surface area (Å²) in [6.07, 6.45) is 1.33. The number of hydrogen-bond acceptors (Lipinski definition) is 6. The molecule has 0 saturated heterocycles. The van der Waals surface area contributed by atoms with Crippen molar-refractivity contribution in [2.45, 2.75) is 55.6 Å². The summed E-state index contributed by atoms with van der Waals surface area (Å²) in [6.45, 7) is 9.16. The van der Waals surface area contributed by atoms with E-state index >= 15 is 0 Å². The minimum atomic E-state index is -3.37. The summed E-state index contributed by atoms with van der Waals surface area (Å²) in [5.41, 5.74) is 1.86. The van der Waals surface area contributed by atoms with Gasteiger partial charge in [-0.2, -0.15) is 0 Å². The largest absolute Gasteiger partial charge is 0.482 e. The van der Waals surface area contributed by atoms with E-state index in [1.807, 2.05) is 25.1 Å². The smallest absolute Gasteiger partial charge is 0.341 e. The SMILES string of the molecule is Cc1cc(SC(C)CNCCCS(=O)(=O)c2ccc(CC(C)C)c(Cl)c2)ccc1OCC(=O)O. The number of thioether (sulfide) groups is 1. The van der Waals surface area contributed by atoms with E-state index in [0.29, 0.717) is 29.7 Å². The monoisotopic (exact) mass is 527 g/mol. The summed E-state index contributed by atoms with van der Waals surface area (Å²) in [5.74, 6) is 0.0781. The molecular weight excluding hydrogens is 494 g/mol. The normalized spacial score (nSPS) is 12.6. The third-order valence-corrected chi connectivity index (χ3v) is 8.29. The Hall–Kier alpha value is -1.74. The summed E-state index contributed by atoms with van der Waals surface area (Å²) >= 11 is 7.99. The molecule has 0 aliphatic carbocycles. The summed E-state index contributed by atoms with van der Waals surface area (Å²) in [5, 5.41) is 12.8. The molecule has 0 amide bonds. The number of carboxylic acids is 1. The maximum atomic E-state index is 12.7.